The first kappa shape index (κ1) is 99.1. The minimum absolute atomic E-state index is 1.25. The Morgan fingerprint density at radius 3 is 0.578 bits per heavy atom. The summed E-state index contributed by atoms with van der Waals surface area (Å²) >= 11 is 0. The van der Waals surface area contributed by atoms with Gasteiger partial charge in [-0.2, -0.15) is 0 Å². The van der Waals surface area contributed by atoms with Crippen LogP contribution in [0, 0.1) is 111 Å². The maximum Gasteiger partial charge on any atom is -0.0146 e. The summed E-state index contributed by atoms with van der Waals surface area (Å²) in [6.07, 6.45) is 1.25. The number of hydrogen-bond acceptors (Lipinski definition) is 0. The molecule has 0 fully saturated rings. The molecule has 0 unspecified atom stereocenters. The van der Waals surface area contributed by atoms with Gasteiger partial charge in [-0.15, -0.1) is 0 Å². The smallest absolute Gasteiger partial charge is 0.0146 e. The van der Waals surface area contributed by atoms with E-state index >= 15 is 0 Å². The van der Waals surface area contributed by atoms with Gasteiger partial charge in [-0.1, -0.05) is 429 Å². The molecule has 0 aliphatic carbocycles. The zero-order chi connectivity index (χ0) is 82.6. The summed E-state index contributed by atoms with van der Waals surface area (Å²) in [5.41, 5.74) is 21.6. The normalized spacial score (nSPS) is 9.32. The van der Waals surface area contributed by atoms with Crippen molar-refractivity contribution in [3.8, 4) is 0 Å². The molecule has 0 saturated heterocycles. The number of fused-ring (bicyclic) bond motifs is 7. The summed E-state index contributed by atoms with van der Waals surface area (Å²) in [6, 6.07) is 99.3. The fourth-order valence-corrected chi connectivity index (χ4v) is 11.6. The first-order valence-electron chi connectivity index (χ1n) is 40.9. The summed E-state index contributed by atoms with van der Waals surface area (Å²) in [6.45, 7) is 66.5. The van der Waals surface area contributed by atoms with E-state index in [0.717, 1.165) is 0 Å². The summed E-state index contributed by atoms with van der Waals surface area (Å²) in [4.78, 5) is 0. The van der Waals surface area contributed by atoms with Gasteiger partial charge in [0.1, 0.15) is 0 Å². The molecule has 0 nitrogen and oxygen atoms in total. The van der Waals surface area contributed by atoms with Crippen LogP contribution in [0.15, 0.2) is 279 Å². The van der Waals surface area contributed by atoms with E-state index in [4.69, 9.17) is 0 Å². The molecule has 0 aliphatic heterocycles. The second-order valence-corrected chi connectivity index (χ2v) is 25.8. The lowest BCUT2D eigenvalue weighted by Gasteiger charge is -2.11. The van der Waals surface area contributed by atoms with Crippen LogP contribution in [0.3, 0.4) is 0 Å². The van der Waals surface area contributed by atoms with Crippen LogP contribution < -0.4 is 0 Å². The minimum Gasteiger partial charge on any atom is -0.0683 e. The van der Waals surface area contributed by atoms with Gasteiger partial charge in [0.2, 0.25) is 0 Å². The van der Waals surface area contributed by atoms with Crippen molar-refractivity contribution in [1.29, 1.82) is 0 Å². The molecule has 0 spiro atoms. The molecule has 0 bridgehead atoms. The predicted octanol–water partition coefficient (Wildman–Crippen LogP) is 35.1. The molecule has 0 amide bonds. The molecule has 15 rings (SSSR count). The van der Waals surface area contributed by atoms with Crippen molar-refractivity contribution in [3.05, 3.63) is 368 Å². The zero-order valence-electron chi connectivity index (χ0n) is 74.3. The van der Waals surface area contributed by atoms with Crippen LogP contribution in [0.1, 0.15) is 206 Å². The maximum atomic E-state index is 2.27. The molecule has 0 N–H and O–H groups in total. The lowest BCUT2D eigenvalue weighted by molar-refractivity contribution is 1.09. The second kappa shape index (κ2) is 57.3. The van der Waals surface area contributed by atoms with E-state index in [9.17, 15) is 0 Å². The largest absolute Gasteiger partial charge is 0.0683 e. The molecular formula is C109H144. The first-order chi connectivity index (χ1) is 52.6. The molecule has 0 heteroatoms. The molecule has 109 heavy (non-hydrogen) atoms. The fraction of sp³-hybridized carbons (Fsp3) is 0.303. The van der Waals surface area contributed by atoms with Gasteiger partial charge in [0, 0.05) is 0 Å². The average Bonchev–Trinajstić information content (AvgIpc) is 0.774. The average molecular weight is 1450 g/mol. The molecule has 0 aliphatic rings. The molecule has 0 saturated carbocycles. The van der Waals surface area contributed by atoms with Gasteiger partial charge in [0.15, 0.2) is 0 Å². The Morgan fingerprint density at radius 1 is 0.147 bits per heavy atom. The third kappa shape index (κ3) is 34.1. The van der Waals surface area contributed by atoms with Crippen LogP contribution in [0.2, 0.25) is 0 Å². The Balaban J connectivity index is 0.00000120. The second-order valence-electron chi connectivity index (χ2n) is 25.8. The minimum atomic E-state index is 1.25. The maximum absolute atomic E-state index is 2.27. The summed E-state index contributed by atoms with van der Waals surface area (Å²) in [7, 11) is 0. The van der Waals surface area contributed by atoms with Crippen LogP contribution in [0.5, 0.6) is 0 Å². The Hall–Kier alpha value is -9.88. The summed E-state index contributed by atoms with van der Waals surface area (Å²) in [5.74, 6) is 0. The van der Waals surface area contributed by atoms with Crippen molar-refractivity contribution >= 4 is 75.4 Å². The van der Waals surface area contributed by atoms with Gasteiger partial charge >= 0.3 is 0 Å². The highest BCUT2D eigenvalue weighted by molar-refractivity contribution is 6.05. The summed E-state index contributed by atoms with van der Waals surface area (Å²) < 4.78 is 0. The van der Waals surface area contributed by atoms with E-state index in [1.807, 2.05) is 96.9 Å². The molecule has 0 aromatic heterocycles. The van der Waals surface area contributed by atoms with Crippen LogP contribution in [0.25, 0.3) is 75.4 Å². The van der Waals surface area contributed by atoms with Crippen LogP contribution in [-0.2, 0) is 0 Å². The molecular weight excluding hydrogens is 1310 g/mol. The molecule has 15 aromatic rings. The van der Waals surface area contributed by atoms with Gasteiger partial charge in [-0.05, 0) is 243 Å². The van der Waals surface area contributed by atoms with Crippen molar-refractivity contribution in [1.82, 2.24) is 0 Å². The van der Waals surface area contributed by atoms with Gasteiger partial charge in [-0.3, -0.25) is 0 Å². The lowest BCUT2D eigenvalue weighted by Crippen LogP contribution is -1.87. The first-order valence-corrected chi connectivity index (χ1v) is 40.9. The van der Waals surface area contributed by atoms with Crippen molar-refractivity contribution in [2.24, 2.45) is 0 Å². The Kier molecular flexibility index (Phi) is 52.1. The number of aryl methyl sites for hydroxylation is 16. The van der Waals surface area contributed by atoms with Crippen LogP contribution >= 0.6 is 0 Å². The number of benzene rings is 15. The van der Waals surface area contributed by atoms with Gasteiger partial charge in [-0.25, -0.2) is 0 Å². The highest BCUT2D eigenvalue weighted by Gasteiger charge is 2.07. The summed E-state index contributed by atoms with van der Waals surface area (Å²) in [5, 5.41) is 19.0. The van der Waals surface area contributed by atoms with Crippen LogP contribution in [-0.4, -0.2) is 0 Å². The highest BCUT2D eigenvalue weighted by atomic mass is 14.1. The van der Waals surface area contributed by atoms with E-state index in [-0.39, 0.29) is 0 Å². The third-order valence-electron chi connectivity index (χ3n) is 17.3. The topological polar surface area (TPSA) is 0 Å². The number of hydrogen-bond donors (Lipinski definition) is 0. The van der Waals surface area contributed by atoms with Crippen molar-refractivity contribution in [2.75, 3.05) is 0 Å². The Labute approximate surface area is 667 Å². The van der Waals surface area contributed by atoms with E-state index < -0.39 is 0 Å². The highest BCUT2D eigenvalue weighted by Crippen LogP contribution is 2.32. The van der Waals surface area contributed by atoms with Crippen molar-refractivity contribution in [2.45, 2.75) is 228 Å². The fourth-order valence-electron chi connectivity index (χ4n) is 11.6. The zero-order valence-corrected chi connectivity index (χ0v) is 74.3. The van der Waals surface area contributed by atoms with Crippen molar-refractivity contribution in [3.63, 3.8) is 0 Å². The van der Waals surface area contributed by atoms with E-state index in [1.165, 1.54) is 171 Å². The monoisotopic (exact) mass is 1450 g/mol. The Bertz CT molecular complexity index is 4540. The van der Waals surface area contributed by atoms with Gasteiger partial charge < -0.3 is 0 Å². The van der Waals surface area contributed by atoms with Gasteiger partial charge in [0.25, 0.3) is 0 Å². The quantitative estimate of drug-likeness (QED) is 0.133. The van der Waals surface area contributed by atoms with Gasteiger partial charge in [0.05, 0.1) is 0 Å². The standard InChI is InChI=1S/2C16H14.3C12H12.3C8H10.C3H8.7C2H6/c1-11-3-5-13-10-16-8-12(2)4-6-14(16)9-15(13)7-11;1-11-13-7-3-5-9-15(13)12(2)16-10-6-4-8-14(11)16;1-9-3-5-12-8-10(2)4-6-11(12)7-9;1-9-5-3-8-12-10(2)6-4-7-11(9)12;1-9-7-8-10(2)12-6-4-3-5-11(9)12;1-7-3-5-8(2)6-4-7;1-7-4-3-5-8(2)6-7;1-7-5-3-4-6-8(7)2;1-3-2;7*1-2/h2*3-10H,1-2H3;3*3-8H,1-2H3;3*3-6H,1-2H3;3H2,1-2H3;7*1-2H3. The van der Waals surface area contributed by atoms with E-state index in [1.54, 1.807) is 0 Å². The third-order valence-corrected chi connectivity index (χ3v) is 17.3. The molecule has 580 valence electrons. The SMILES string of the molecule is CC.CC.CC.CC.CC.CC.CC.CCC.Cc1c2ccccc2c(C)c2ccccc12.Cc1ccc(C)c2ccccc12.Cc1ccc(C)cc1.Cc1ccc2cc(C)ccc2c1.Cc1ccc2cc3cc(C)ccc3cc2c1.Cc1cccc(C)c1.Cc1cccc2c(C)cccc12.Cc1ccccc1C. The Morgan fingerprint density at radius 2 is 0.330 bits per heavy atom. The molecule has 0 radical (unpaired) electrons. The molecule has 0 atom stereocenters. The lowest BCUT2D eigenvalue weighted by atomic mass is 9.93. The van der Waals surface area contributed by atoms with Crippen LogP contribution in [0.4, 0.5) is 0 Å². The van der Waals surface area contributed by atoms with E-state index in [0.29, 0.717) is 0 Å². The molecule has 0 heterocycles. The molecule has 15 aromatic carbocycles. The predicted molar refractivity (Wildman–Crippen MR) is 505 cm³/mol. The van der Waals surface area contributed by atoms with E-state index in [2.05, 4.69) is 404 Å². The number of rotatable bonds is 0. The van der Waals surface area contributed by atoms with Crippen molar-refractivity contribution < 1.29 is 0 Å².